The Balaban J connectivity index is 1.70. The van der Waals surface area contributed by atoms with Crippen molar-refractivity contribution < 1.29 is 4.79 Å². The summed E-state index contributed by atoms with van der Waals surface area (Å²) < 4.78 is 0. The summed E-state index contributed by atoms with van der Waals surface area (Å²) in [5.41, 5.74) is 3.52. The highest BCUT2D eigenvalue weighted by molar-refractivity contribution is 5.81. The number of urea groups is 1. The van der Waals surface area contributed by atoms with Crippen LogP contribution in [0.25, 0.3) is 10.9 Å². The summed E-state index contributed by atoms with van der Waals surface area (Å²) in [5, 5.41) is 4.15. The van der Waals surface area contributed by atoms with Gasteiger partial charge in [0.15, 0.2) is 0 Å². The molecule has 2 heterocycles. The molecule has 1 aliphatic heterocycles. The van der Waals surface area contributed by atoms with E-state index >= 15 is 0 Å². The topological polar surface area (TPSA) is 48.1 Å². The summed E-state index contributed by atoms with van der Waals surface area (Å²) in [6.45, 7) is 6.71. The Hall–Kier alpha value is -1.97. The third kappa shape index (κ3) is 2.50. The molecule has 20 heavy (non-hydrogen) atoms. The number of aromatic amines is 1. The molecule has 0 bridgehead atoms. The van der Waals surface area contributed by atoms with Crippen molar-refractivity contribution >= 4 is 16.9 Å². The molecule has 0 spiro atoms. The highest BCUT2D eigenvalue weighted by Gasteiger charge is 2.19. The van der Waals surface area contributed by atoms with E-state index in [9.17, 15) is 4.79 Å². The van der Waals surface area contributed by atoms with E-state index in [0.717, 1.165) is 30.7 Å². The molecule has 2 amide bonds. The van der Waals surface area contributed by atoms with Gasteiger partial charge in [0, 0.05) is 24.3 Å². The average Bonchev–Trinajstić information content (AvgIpc) is 2.75. The normalized spacial score (nSPS) is 14.7. The number of aromatic nitrogens is 1. The van der Waals surface area contributed by atoms with Gasteiger partial charge in [-0.25, -0.2) is 4.79 Å². The van der Waals surface area contributed by atoms with Gasteiger partial charge >= 0.3 is 6.03 Å². The maximum atomic E-state index is 11.8. The first-order chi connectivity index (χ1) is 9.63. The first-order valence-electron chi connectivity index (χ1n) is 7.28. The number of carbonyl (C=O) groups is 1. The smallest absolute Gasteiger partial charge is 0.317 e. The second kappa shape index (κ2) is 5.19. The van der Waals surface area contributed by atoms with E-state index in [1.165, 1.54) is 10.9 Å². The van der Waals surface area contributed by atoms with Gasteiger partial charge in [-0.15, -0.1) is 0 Å². The van der Waals surface area contributed by atoms with Gasteiger partial charge in [-0.1, -0.05) is 26.0 Å². The molecule has 4 nitrogen and oxygen atoms in total. The number of fused-ring (bicyclic) bond motifs is 1. The Morgan fingerprint density at radius 3 is 2.80 bits per heavy atom. The van der Waals surface area contributed by atoms with Gasteiger partial charge in [-0.3, -0.25) is 0 Å². The lowest BCUT2D eigenvalue weighted by atomic mass is 10.0. The third-order valence-electron chi connectivity index (χ3n) is 3.94. The molecule has 1 aromatic carbocycles. The highest BCUT2D eigenvalue weighted by atomic mass is 16.2. The van der Waals surface area contributed by atoms with Crippen LogP contribution >= 0.6 is 0 Å². The van der Waals surface area contributed by atoms with Crippen LogP contribution in [0.2, 0.25) is 0 Å². The van der Waals surface area contributed by atoms with Crippen LogP contribution in [-0.2, 0) is 6.54 Å². The van der Waals surface area contributed by atoms with E-state index in [-0.39, 0.29) is 6.03 Å². The molecule has 1 fully saturated rings. The van der Waals surface area contributed by atoms with Gasteiger partial charge in [-0.05, 0) is 35.4 Å². The number of hydrogen-bond acceptors (Lipinski definition) is 1. The summed E-state index contributed by atoms with van der Waals surface area (Å²) in [5.74, 6) is 0.525. The summed E-state index contributed by atoms with van der Waals surface area (Å²) in [6.07, 6.45) is 1.12. The second-order valence-corrected chi connectivity index (χ2v) is 5.80. The standard InChI is InChI=1S/C16H21N3O/c1-11(2)12-4-5-13-8-14(18-15(13)9-12)10-17-16(20)19-6-3-7-19/h4-5,8-9,11,18H,3,6-7,10H2,1-2H3,(H,17,20). The molecule has 106 valence electrons. The first kappa shape index (κ1) is 13.0. The van der Waals surface area contributed by atoms with E-state index in [0.29, 0.717) is 12.5 Å². The molecule has 2 aromatic rings. The third-order valence-corrected chi connectivity index (χ3v) is 3.94. The van der Waals surface area contributed by atoms with Gasteiger partial charge < -0.3 is 15.2 Å². The lowest BCUT2D eigenvalue weighted by molar-refractivity contribution is 0.167. The Morgan fingerprint density at radius 1 is 1.35 bits per heavy atom. The molecule has 1 aromatic heterocycles. The molecule has 0 unspecified atom stereocenters. The van der Waals surface area contributed by atoms with E-state index in [1.54, 1.807) is 0 Å². The van der Waals surface area contributed by atoms with E-state index in [1.807, 2.05) is 4.90 Å². The molecular formula is C16H21N3O. The van der Waals surface area contributed by atoms with Crippen LogP contribution < -0.4 is 5.32 Å². The lowest BCUT2D eigenvalue weighted by Crippen LogP contribution is -2.47. The zero-order chi connectivity index (χ0) is 14.1. The van der Waals surface area contributed by atoms with E-state index < -0.39 is 0 Å². The zero-order valence-electron chi connectivity index (χ0n) is 12.1. The summed E-state index contributed by atoms with van der Waals surface area (Å²) in [6, 6.07) is 8.65. The summed E-state index contributed by atoms with van der Waals surface area (Å²) in [4.78, 5) is 17.0. The number of amides is 2. The van der Waals surface area contributed by atoms with E-state index in [2.05, 4.69) is 48.4 Å². The number of likely N-dealkylation sites (tertiary alicyclic amines) is 1. The zero-order valence-corrected chi connectivity index (χ0v) is 12.1. The molecule has 1 aliphatic rings. The number of benzene rings is 1. The minimum absolute atomic E-state index is 0.0396. The lowest BCUT2D eigenvalue weighted by Gasteiger charge is -2.30. The fraction of sp³-hybridized carbons (Fsp3) is 0.438. The Bertz CT molecular complexity index is 626. The predicted octanol–water partition coefficient (Wildman–Crippen LogP) is 3.21. The monoisotopic (exact) mass is 271 g/mol. The van der Waals surface area contributed by atoms with Crippen molar-refractivity contribution in [2.24, 2.45) is 0 Å². The van der Waals surface area contributed by atoms with Crippen LogP contribution in [0.4, 0.5) is 4.79 Å². The van der Waals surface area contributed by atoms with Crippen molar-refractivity contribution in [1.29, 1.82) is 0 Å². The summed E-state index contributed by atoms with van der Waals surface area (Å²) >= 11 is 0. The maximum absolute atomic E-state index is 11.8. The maximum Gasteiger partial charge on any atom is 0.317 e. The number of rotatable bonds is 3. The molecule has 3 rings (SSSR count). The van der Waals surface area contributed by atoms with Gasteiger partial charge in [-0.2, -0.15) is 0 Å². The molecule has 1 saturated heterocycles. The van der Waals surface area contributed by atoms with Gasteiger partial charge in [0.25, 0.3) is 0 Å². The molecular weight excluding hydrogens is 250 g/mol. The fourth-order valence-electron chi connectivity index (χ4n) is 2.46. The van der Waals surface area contributed by atoms with Gasteiger partial charge in [0.2, 0.25) is 0 Å². The molecule has 0 aliphatic carbocycles. The average molecular weight is 271 g/mol. The van der Waals surface area contributed by atoms with Crippen molar-refractivity contribution in [2.75, 3.05) is 13.1 Å². The van der Waals surface area contributed by atoms with Crippen LogP contribution in [-0.4, -0.2) is 29.0 Å². The Morgan fingerprint density at radius 2 is 2.15 bits per heavy atom. The summed E-state index contributed by atoms with van der Waals surface area (Å²) in [7, 11) is 0. The van der Waals surface area contributed by atoms with Crippen molar-refractivity contribution in [1.82, 2.24) is 15.2 Å². The highest BCUT2D eigenvalue weighted by Crippen LogP contribution is 2.21. The number of hydrogen-bond donors (Lipinski definition) is 2. The SMILES string of the molecule is CC(C)c1ccc2cc(CNC(=O)N3CCC3)[nH]c2c1. The first-order valence-corrected chi connectivity index (χ1v) is 7.28. The minimum Gasteiger partial charge on any atom is -0.357 e. The number of carbonyl (C=O) groups excluding carboxylic acids is 1. The second-order valence-electron chi connectivity index (χ2n) is 5.80. The Labute approximate surface area is 119 Å². The van der Waals surface area contributed by atoms with Crippen molar-refractivity contribution in [2.45, 2.75) is 32.7 Å². The molecule has 0 atom stereocenters. The molecule has 2 N–H and O–H groups in total. The van der Waals surface area contributed by atoms with Crippen molar-refractivity contribution in [3.8, 4) is 0 Å². The number of nitrogens with zero attached hydrogens (tertiary/aromatic N) is 1. The van der Waals surface area contributed by atoms with E-state index in [4.69, 9.17) is 0 Å². The van der Waals surface area contributed by atoms with Gasteiger partial charge in [0.1, 0.15) is 0 Å². The van der Waals surface area contributed by atoms with Crippen LogP contribution in [0.5, 0.6) is 0 Å². The van der Waals surface area contributed by atoms with Crippen molar-refractivity contribution in [3.05, 3.63) is 35.5 Å². The van der Waals surface area contributed by atoms with Gasteiger partial charge in [0.05, 0.1) is 6.54 Å². The van der Waals surface area contributed by atoms with Crippen LogP contribution in [0, 0.1) is 0 Å². The van der Waals surface area contributed by atoms with Crippen LogP contribution in [0.15, 0.2) is 24.3 Å². The van der Waals surface area contributed by atoms with Crippen LogP contribution in [0.3, 0.4) is 0 Å². The number of H-pyrrole nitrogens is 1. The fourth-order valence-corrected chi connectivity index (χ4v) is 2.46. The Kier molecular flexibility index (Phi) is 3.38. The van der Waals surface area contributed by atoms with Crippen LogP contribution in [0.1, 0.15) is 37.4 Å². The number of nitrogens with one attached hydrogen (secondary N) is 2. The molecule has 4 heteroatoms. The van der Waals surface area contributed by atoms with Crippen molar-refractivity contribution in [3.63, 3.8) is 0 Å². The molecule has 0 saturated carbocycles. The minimum atomic E-state index is 0.0396. The predicted molar refractivity (Wildman–Crippen MR) is 80.8 cm³/mol. The quantitative estimate of drug-likeness (QED) is 0.884. The largest absolute Gasteiger partial charge is 0.357 e. The molecule has 0 radical (unpaired) electrons.